The highest BCUT2D eigenvalue weighted by Gasteiger charge is 2.23. The fourth-order valence-electron chi connectivity index (χ4n) is 4.55. The number of nitrogens with zero attached hydrogens (tertiary/aromatic N) is 5. The van der Waals surface area contributed by atoms with Gasteiger partial charge in [0, 0.05) is 50.4 Å². The third kappa shape index (κ3) is 7.13. The van der Waals surface area contributed by atoms with Crippen LogP contribution in [0.4, 0.5) is 29.0 Å². The smallest absolute Gasteiger partial charge is 0.256 e. The molecule has 3 aromatic rings. The molecule has 1 aromatic carbocycles. The van der Waals surface area contributed by atoms with E-state index < -0.39 is 5.60 Å². The summed E-state index contributed by atoms with van der Waals surface area (Å²) in [5, 5.41) is 9.25. The summed E-state index contributed by atoms with van der Waals surface area (Å²) >= 11 is 0. The van der Waals surface area contributed by atoms with E-state index >= 15 is 0 Å². The molecular formula is C30H40N8O2. The number of rotatable bonds is 11. The van der Waals surface area contributed by atoms with Crippen LogP contribution in [0.2, 0.25) is 0 Å². The lowest BCUT2D eigenvalue weighted by atomic mass is 10.0. The Morgan fingerprint density at radius 1 is 1.12 bits per heavy atom. The molecule has 1 aliphatic heterocycles. The van der Waals surface area contributed by atoms with Crippen molar-refractivity contribution in [3.63, 3.8) is 0 Å². The van der Waals surface area contributed by atoms with E-state index in [1.54, 1.807) is 13.2 Å². The maximum atomic E-state index is 12.9. The molecule has 0 aliphatic carbocycles. The van der Waals surface area contributed by atoms with Crippen LogP contribution in [0.1, 0.15) is 42.7 Å². The van der Waals surface area contributed by atoms with Crippen LogP contribution >= 0.6 is 0 Å². The largest absolute Gasteiger partial charge is 0.373 e. The van der Waals surface area contributed by atoms with Gasteiger partial charge in [0.05, 0.1) is 5.69 Å². The van der Waals surface area contributed by atoms with Crippen molar-refractivity contribution < 1.29 is 9.53 Å². The zero-order valence-electron chi connectivity index (χ0n) is 24.1. The van der Waals surface area contributed by atoms with Crippen LogP contribution in [0.5, 0.6) is 0 Å². The summed E-state index contributed by atoms with van der Waals surface area (Å²) in [6.07, 6.45) is 5.43. The van der Waals surface area contributed by atoms with Crippen LogP contribution < -0.4 is 20.9 Å². The molecule has 0 atom stereocenters. The number of amides is 1. The number of piperidine rings is 1. The van der Waals surface area contributed by atoms with Gasteiger partial charge in [0.2, 0.25) is 5.95 Å². The van der Waals surface area contributed by atoms with E-state index in [-0.39, 0.29) is 5.91 Å². The second-order valence-corrected chi connectivity index (χ2v) is 10.6. The van der Waals surface area contributed by atoms with E-state index in [4.69, 9.17) is 4.74 Å². The number of nitrogens with one attached hydrogen (secondary N) is 3. The van der Waals surface area contributed by atoms with Crippen LogP contribution in [0.25, 0.3) is 0 Å². The SMILES string of the molecule is C=CCNC(=O)c1cnc(Nc2ccc(N3CCC(N(C)C)CC3)cc2)nc1Nc1cccc(C(C)(C)OC)n1. The van der Waals surface area contributed by atoms with Gasteiger partial charge in [0.15, 0.2) is 0 Å². The molecule has 3 heterocycles. The maximum absolute atomic E-state index is 12.9. The van der Waals surface area contributed by atoms with E-state index in [0.717, 1.165) is 37.3 Å². The molecule has 3 N–H and O–H groups in total. The molecule has 40 heavy (non-hydrogen) atoms. The fourth-order valence-corrected chi connectivity index (χ4v) is 4.55. The van der Waals surface area contributed by atoms with Crippen LogP contribution in [-0.4, -0.2) is 72.6 Å². The summed E-state index contributed by atoms with van der Waals surface area (Å²) in [5.41, 5.74) is 2.52. The van der Waals surface area contributed by atoms with Crippen LogP contribution in [-0.2, 0) is 10.3 Å². The molecule has 2 aromatic heterocycles. The zero-order valence-corrected chi connectivity index (χ0v) is 24.1. The lowest BCUT2D eigenvalue weighted by molar-refractivity contribution is 0.0156. The van der Waals surface area contributed by atoms with Crippen molar-refractivity contribution in [3.8, 4) is 0 Å². The number of ether oxygens (including phenoxy) is 1. The third-order valence-corrected chi connectivity index (χ3v) is 7.25. The van der Waals surface area contributed by atoms with Gasteiger partial charge in [0.1, 0.15) is 22.8 Å². The molecule has 1 saturated heterocycles. The summed E-state index contributed by atoms with van der Waals surface area (Å²) in [5.74, 6) is 0.909. The number of pyridine rings is 1. The minimum absolute atomic E-state index is 0.294. The summed E-state index contributed by atoms with van der Waals surface area (Å²) in [4.78, 5) is 31.3. The second-order valence-electron chi connectivity index (χ2n) is 10.6. The topological polar surface area (TPSA) is 108 Å². The molecule has 4 rings (SSSR count). The summed E-state index contributed by atoms with van der Waals surface area (Å²) in [6.45, 7) is 9.96. The van der Waals surface area contributed by atoms with Crippen LogP contribution in [0.3, 0.4) is 0 Å². The number of benzene rings is 1. The molecule has 1 amide bonds. The Labute approximate surface area is 236 Å². The Kier molecular flexibility index (Phi) is 9.34. The Hall–Kier alpha value is -4.02. The number of carbonyl (C=O) groups excluding carboxylic acids is 1. The van der Waals surface area contributed by atoms with Gasteiger partial charge < -0.3 is 30.5 Å². The molecule has 0 unspecified atom stereocenters. The Bertz CT molecular complexity index is 1300. The first-order valence-electron chi connectivity index (χ1n) is 13.5. The third-order valence-electron chi connectivity index (χ3n) is 7.25. The summed E-state index contributed by atoms with van der Waals surface area (Å²) in [7, 11) is 5.95. The highest BCUT2D eigenvalue weighted by Crippen LogP contribution is 2.27. The van der Waals surface area contributed by atoms with Gasteiger partial charge >= 0.3 is 0 Å². The lowest BCUT2D eigenvalue weighted by Gasteiger charge is -2.36. The summed E-state index contributed by atoms with van der Waals surface area (Å²) in [6, 6.07) is 14.5. The monoisotopic (exact) mass is 544 g/mol. The Balaban J connectivity index is 1.53. The number of carbonyl (C=O) groups is 1. The van der Waals surface area contributed by atoms with Crippen molar-refractivity contribution in [1.82, 2.24) is 25.2 Å². The standard InChI is InChI=1S/C30H40N8O2/c1-7-17-31-28(39)24-20-32-29(36-27(24)35-26-10-8-9-25(34-26)30(2,3)40-6)33-21-11-13-23(14-12-21)38-18-15-22(16-19-38)37(4)5/h7-14,20,22H,1,15-19H2,2-6H3,(H,31,39)(H2,32,33,34,35,36). The normalized spacial score (nSPS) is 14.2. The van der Waals surface area contributed by atoms with E-state index in [9.17, 15) is 4.79 Å². The van der Waals surface area contributed by atoms with Gasteiger partial charge in [-0.15, -0.1) is 6.58 Å². The Morgan fingerprint density at radius 2 is 1.85 bits per heavy atom. The average molecular weight is 545 g/mol. The molecule has 0 bridgehead atoms. The fraction of sp³-hybridized carbons (Fsp3) is 0.400. The van der Waals surface area contributed by atoms with Gasteiger partial charge in [-0.1, -0.05) is 12.1 Å². The maximum Gasteiger partial charge on any atom is 0.256 e. The van der Waals surface area contributed by atoms with Gasteiger partial charge in [-0.05, 0) is 77.2 Å². The van der Waals surface area contributed by atoms with E-state index in [2.05, 4.69) is 73.5 Å². The van der Waals surface area contributed by atoms with Crippen LogP contribution in [0, 0.1) is 0 Å². The second kappa shape index (κ2) is 12.9. The highest BCUT2D eigenvalue weighted by molar-refractivity contribution is 5.99. The van der Waals surface area contributed by atoms with E-state index in [1.165, 1.54) is 11.9 Å². The van der Waals surface area contributed by atoms with E-state index in [1.807, 2.05) is 44.2 Å². The molecule has 0 spiro atoms. The van der Waals surface area contributed by atoms with Gasteiger partial charge in [-0.2, -0.15) is 4.98 Å². The zero-order chi connectivity index (χ0) is 28.7. The van der Waals surface area contributed by atoms with Gasteiger partial charge in [0.25, 0.3) is 5.91 Å². The molecule has 0 radical (unpaired) electrons. The first kappa shape index (κ1) is 29.0. The quantitative estimate of drug-likeness (QED) is 0.296. The van der Waals surface area contributed by atoms with Crippen LogP contribution in [0.15, 0.2) is 61.3 Å². The van der Waals surface area contributed by atoms with Crippen molar-refractivity contribution in [2.45, 2.75) is 38.3 Å². The van der Waals surface area contributed by atoms with Gasteiger partial charge in [-0.25, -0.2) is 9.97 Å². The molecule has 1 fully saturated rings. The molecule has 10 heteroatoms. The first-order chi connectivity index (χ1) is 19.2. The number of hydrogen-bond acceptors (Lipinski definition) is 9. The van der Waals surface area contributed by atoms with E-state index in [0.29, 0.717) is 35.7 Å². The molecule has 212 valence electrons. The first-order valence-corrected chi connectivity index (χ1v) is 13.5. The van der Waals surface area contributed by atoms with Crippen molar-refractivity contribution in [1.29, 1.82) is 0 Å². The van der Waals surface area contributed by atoms with Crippen molar-refractivity contribution >= 4 is 34.9 Å². The number of hydrogen-bond donors (Lipinski definition) is 3. The molecule has 0 saturated carbocycles. The van der Waals surface area contributed by atoms with Crippen molar-refractivity contribution in [3.05, 3.63) is 72.6 Å². The number of anilines is 5. The highest BCUT2D eigenvalue weighted by atomic mass is 16.5. The lowest BCUT2D eigenvalue weighted by Crippen LogP contribution is -2.41. The summed E-state index contributed by atoms with van der Waals surface area (Å²) < 4.78 is 5.58. The molecule has 10 nitrogen and oxygen atoms in total. The van der Waals surface area contributed by atoms with Gasteiger partial charge in [-0.3, -0.25) is 4.79 Å². The predicted octanol–water partition coefficient (Wildman–Crippen LogP) is 4.69. The molecular weight excluding hydrogens is 504 g/mol. The van der Waals surface area contributed by atoms with Crippen molar-refractivity contribution in [2.75, 3.05) is 56.4 Å². The minimum atomic E-state index is -0.575. The molecule has 1 aliphatic rings. The Morgan fingerprint density at radius 3 is 2.50 bits per heavy atom. The minimum Gasteiger partial charge on any atom is -0.373 e. The number of methoxy groups -OCH3 is 1. The predicted molar refractivity (Wildman–Crippen MR) is 161 cm³/mol. The van der Waals surface area contributed by atoms with Crippen molar-refractivity contribution in [2.24, 2.45) is 0 Å². The number of aromatic nitrogens is 3. The average Bonchev–Trinajstić information content (AvgIpc) is 2.96.